The maximum absolute atomic E-state index is 11.9. The third kappa shape index (κ3) is 3.10. The van der Waals surface area contributed by atoms with Crippen LogP contribution in [-0.2, 0) is 20.7 Å². The van der Waals surface area contributed by atoms with E-state index in [0.29, 0.717) is 24.3 Å². The van der Waals surface area contributed by atoms with Crippen molar-refractivity contribution in [1.29, 1.82) is 0 Å². The number of esters is 1. The minimum absolute atomic E-state index is 0.110. The molecule has 0 saturated carbocycles. The summed E-state index contributed by atoms with van der Waals surface area (Å²) in [5.74, 6) is 0.00997. The van der Waals surface area contributed by atoms with E-state index in [4.69, 9.17) is 14.2 Å². The molecule has 0 radical (unpaired) electrons. The SMILES string of the molecule is CCOC(=O)C(Cc1ccc2c(c1)OCO2)C(=O)CC. The van der Waals surface area contributed by atoms with Gasteiger partial charge in [-0.05, 0) is 31.0 Å². The largest absolute Gasteiger partial charge is 0.465 e. The molecule has 1 atom stereocenters. The lowest BCUT2D eigenvalue weighted by Crippen LogP contribution is -2.27. The van der Waals surface area contributed by atoms with Crippen molar-refractivity contribution in [2.45, 2.75) is 26.7 Å². The number of fused-ring (bicyclic) bond motifs is 1. The molecule has 0 N–H and O–H groups in total. The van der Waals surface area contributed by atoms with Crippen LogP contribution in [0, 0.1) is 5.92 Å². The fourth-order valence-corrected chi connectivity index (χ4v) is 2.12. The van der Waals surface area contributed by atoms with Crippen LogP contribution >= 0.6 is 0 Å². The van der Waals surface area contributed by atoms with Crippen LogP contribution in [0.15, 0.2) is 18.2 Å². The van der Waals surface area contributed by atoms with E-state index in [9.17, 15) is 9.59 Å². The third-order valence-corrected chi connectivity index (χ3v) is 3.19. The Morgan fingerprint density at radius 2 is 2.00 bits per heavy atom. The Hall–Kier alpha value is -2.04. The fraction of sp³-hybridized carbons (Fsp3) is 0.467. The van der Waals surface area contributed by atoms with Gasteiger partial charge in [-0.15, -0.1) is 0 Å². The van der Waals surface area contributed by atoms with Crippen molar-refractivity contribution in [3.63, 3.8) is 0 Å². The molecule has 2 rings (SSSR count). The number of hydrogen-bond acceptors (Lipinski definition) is 5. The predicted molar refractivity (Wildman–Crippen MR) is 71.7 cm³/mol. The molecule has 1 aromatic carbocycles. The Balaban J connectivity index is 2.14. The highest BCUT2D eigenvalue weighted by atomic mass is 16.7. The van der Waals surface area contributed by atoms with Gasteiger partial charge in [0.15, 0.2) is 11.5 Å². The number of Topliss-reactive ketones (excluding diaryl/α,β-unsaturated/α-hetero) is 1. The lowest BCUT2D eigenvalue weighted by molar-refractivity contribution is -0.151. The summed E-state index contributed by atoms with van der Waals surface area (Å²) in [5.41, 5.74) is 0.856. The van der Waals surface area contributed by atoms with E-state index in [1.165, 1.54) is 0 Å². The lowest BCUT2D eigenvalue weighted by Gasteiger charge is -2.14. The maximum atomic E-state index is 11.9. The van der Waals surface area contributed by atoms with Crippen molar-refractivity contribution in [2.75, 3.05) is 13.4 Å². The lowest BCUT2D eigenvalue weighted by atomic mass is 9.94. The van der Waals surface area contributed by atoms with Crippen molar-refractivity contribution in [2.24, 2.45) is 5.92 Å². The predicted octanol–water partition coefficient (Wildman–Crippen LogP) is 2.12. The summed E-state index contributed by atoms with van der Waals surface area (Å²) in [7, 11) is 0. The van der Waals surface area contributed by atoms with Gasteiger partial charge in [0.2, 0.25) is 6.79 Å². The van der Waals surface area contributed by atoms with Crippen LogP contribution in [0.4, 0.5) is 0 Å². The van der Waals surface area contributed by atoms with Gasteiger partial charge in [0.25, 0.3) is 0 Å². The van der Waals surface area contributed by atoms with Gasteiger partial charge >= 0.3 is 5.97 Å². The van der Waals surface area contributed by atoms with Gasteiger partial charge in [0.05, 0.1) is 6.61 Å². The highest BCUT2D eigenvalue weighted by Gasteiger charge is 2.27. The summed E-state index contributed by atoms with van der Waals surface area (Å²) in [6, 6.07) is 5.43. The summed E-state index contributed by atoms with van der Waals surface area (Å²) < 4.78 is 15.5. The summed E-state index contributed by atoms with van der Waals surface area (Å²) in [4.78, 5) is 23.8. The molecule has 1 aromatic rings. The van der Waals surface area contributed by atoms with Crippen molar-refractivity contribution in [3.05, 3.63) is 23.8 Å². The Kier molecular flexibility index (Phi) is 4.61. The van der Waals surface area contributed by atoms with E-state index < -0.39 is 11.9 Å². The Morgan fingerprint density at radius 3 is 2.70 bits per heavy atom. The molecule has 20 heavy (non-hydrogen) atoms. The Morgan fingerprint density at radius 1 is 1.25 bits per heavy atom. The van der Waals surface area contributed by atoms with Crippen LogP contribution in [-0.4, -0.2) is 25.2 Å². The smallest absolute Gasteiger partial charge is 0.316 e. The van der Waals surface area contributed by atoms with Crippen LogP contribution in [0.2, 0.25) is 0 Å². The molecule has 1 aliphatic heterocycles. The van der Waals surface area contributed by atoms with E-state index in [1.807, 2.05) is 6.07 Å². The maximum Gasteiger partial charge on any atom is 0.316 e. The second-order valence-electron chi connectivity index (χ2n) is 4.52. The minimum Gasteiger partial charge on any atom is -0.465 e. The van der Waals surface area contributed by atoms with Crippen molar-refractivity contribution in [3.8, 4) is 11.5 Å². The molecular weight excluding hydrogens is 260 g/mol. The number of carbonyl (C=O) groups excluding carboxylic acids is 2. The van der Waals surface area contributed by atoms with E-state index in [1.54, 1.807) is 26.0 Å². The highest BCUT2D eigenvalue weighted by molar-refractivity contribution is 5.99. The molecule has 5 nitrogen and oxygen atoms in total. The molecule has 1 unspecified atom stereocenters. The van der Waals surface area contributed by atoms with E-state index >= 15 is 0 Å². The normalized spacial score (nSPS) is 13.9. The minimum atomic E-state index is -0.750. The van der Waals surface area contributed by atoms with E-state index in [0.717, 1.165) is 5.56 Å². The first kappa shape index (κ1) is 14.4. The van der Waals surface area contributed by atoms with Gasteiger partial charge < -0.3 is 14.2 Å². The average Bonchev–Trinajstić information content (AvgIpc) is 2.91. The van der Waals surface area contributed by atoms with Crippen molar-refractivity contribution >= 4 is 11.8 Å². The second-order valence-corrected chi connectivity index (χ2v) is 4.52. The first-order valence-electron chi connectivity index (χ1n) is 6.73. The Bertz CT molecular complexity index is 509. The van der Waals surface area contributed by atoms with Crippen LogP contribution < -0.4 is 9.47 Å². The average molecular weight is 278 g/mol. The van der Waals surface area contributed by atoms with Crippen LogP contribution in [0.5, 0.6) is 11.5 Å². The number of hydrogen-bond donors (Lipinski definition) is 0. The van der Waals surface area contributed by atoms with Gasteiger partial charge in [0.1, 0.15) is 11.7 Å². The van der Waals surface area contributed by atoms with Crippen LogP contribution in [0.3, 0.4) is 0 Å². The molecule has 0 aromatic heterocycles. The molecule has 0 aliphatic carbocycles. The summed E-state index contributed by atoms with van der Waals surface area (Å²) in [6.07, 6.45) is 0.635. The number of benzene rings is 1. The molecule has 108 valence electrons. The zero-order valence-electron chi connectivity index (χ0n) is 11.7. The first-order valence-corrected chi connectivity index (χ1v) is 6.73. The van der Waals surface area contributed by atoms with E-state index in [2.05, 4.69) is 0 Å². The molecule has 0 fully saturated rings. The number of rotatable bonds is 6. The van der Waals surface area contributed by atoms with Gasteiger partial charge in [-0.25, -0.2) is 0 Å². The fourth-order valence-electron chi connectivity index (χ4n) is 2.12. The third-order valence-electron chi connectivity index (χ3n) is 3.19. The van der Waals surface area contributed by atoms with Crippen LogP contribution in [0.1, 0.15) is 25.8 Å². The quantitative estimate of drug-likeness (QED) is 0.589. The summed E-state index contributed by atoms with van der Waals surface area (Å²) in [6.45, 7) is 3.95. The Labute approximate surface area is 117 Å². The monoisotopic (exact) mass is 278 g/mol. The van der Waals surface area contributed by atoms with Gasteiger partial charge in [0, 0.05) is 6.42 Å². The topological polar surface area (TPSA) is 61.8 Å². The van der Waals surface area contributed by atoms with Gasteiger partial charge in [-0.3, -0.25) is 9.59 Å². The van der Waals surface area contributed by atoms with Crippen LogP contribution in [0.25, 0.3) is 0 Å². The summed E-state index contributed by atoms with van der Waals surface area (Å²) in [5, 5.41) is 0. The summed E-state index contributed by atoms with van der Waals surface area (Å²) >= 11 is 0. The van der Waals surface area contributed by atoms with Gasteiger partial charge in [-0.2, -0.15) is 0 Å². The highest BCUT2D eigenvalue weighted by Crippen LogP contribution is 2.33. The zero-order valence-corrected chi connectivity index (χ0v) is 11.7. The molecule has 5 heteroatoms. The van der Waals surface area contributed by atoms with Crippen molar-refractivity contribution in [1.82, 2.24) is 0 Å². The molecule has 0 amide bonds. The molecule has 1 aliphatic rings. The molecule has 0 saturated heterocycles. The molecule has 0 bridgehead atoms. The molecule has 0 spiro atoms. The second kappa shape index (κ2) is 6.41. The van der Waals surface area contributed by atoms with E-state index in [-0.39, 0.29) is 19.2 Å². The zero-order chi connectivity index (χ0) is 14.5. The number of carbonyl (C=O) groups is 2. The molecule has 1 heterocycles. The van der Waals surface area contributed by atoms with Crippen molar-refractivity contribution < 1.29 is 23.8 Å². The standard InChI is InChI=1S/C15H18O5/c1-3-12(16)11(15(17)18-4-2)7-10-5-6-13-14(8-10)20-9-19-13/h5-6,8,11H,3-4,7,9H2,1-2H3. The van der Waals surface area contributed by atoms with Gasteiger partial charge in [-0.1, -0.05) is 13.0 Å². The first-order chi connectivity index (χ1) is 9.65. The number of ketones is 1. The number of ether oxygens (including phenoxy) is 3. The molecular formula is C15H18O5.